The van der Waals surface area contributed by atoms with Gasteiger partial charge in [-0.2, -0.15) is 0 Å². The number of benzene rings is 2. The summed E-state index contributed by atoms with van der Waals surface area (Å²) >= 11 is 6.13. The number of hydrogen-bond acceptors (Lipinski definition) is 3. The van der Waals surface area contributed by atoms with Gasteiger partial charge >= 0.3 is 0 Å². The summed E-state index contributed by atoms with van der Waals surface area (Å²) in [5.41, 5.74) is 2.53. The smallest absolute Gasteiger partial charge is 0.255 e. The highest BCUT2D eigenvalue weighted by atomic mass is 35.5. The van der Waals surface area contributed by atoms with Gasteiger partial charge in [0.1, 0.15) is 0 Å². The van der Waals surface area contributed by atoms with E-state index in [1.807, 2.05) is 13.0 Å². The number of aryl methyl sites for hydroxylation is 1. The van der Waals surface area contributed by atoms with Crippen molar-refractivity contribution < 1.29 is 14.4 Å². The maximum atomic E-state index is 13.2. The molecule has 2 bridgehead atoms. The standard InChI is InChI=1S/C25H21ClN2O3/c1-12-2-5-14(10-20(12)26)27-23(29)13-3-6-15(7-4-13)28-24(30)21-16-8-9-17(19-11-18(16)19)22(21)25(28)31/h2-10,16-19,21-22H,11H2,1H3,(H,27,29)/t16-,17+,18-,19-,21+,22-/m1/s1. The number of carbonyl (C=O) groups is 3. The summed E-state index contributed by atoms with van der Waals surface area (Å²) < 4.78 is 0. The molecule has 1 N–H and O–H groups in total. The maximum absolute atomic E-state index is 13.2. The highest BCUT2D eigenvalue weighted by molar-refractivity contribution is 6.31. The molecule has 31 heavy (non-hydrogen) atoms. The zero-order valence-corrected chi connectivity index (χ0v) is 17.7. The third-order valence-electron chi connectivity index (χ3n) is 7.48. The predicted molar refractivity (Wildman–Crippen MR) is 118 cm³/mol. The molecule has 7 rings (SSSR count). The van der Waals surface area contributed by atoms with E-state index in [9.17, 15) is 14.4 Å². The van der Waals surface area contributed by atoms with Crippen LogP contribution >= 0.6 is 11.6 Å². The van der Waals surface area contributed by atoms with Crippen LogP contribution in [0.25, 0.3) is 0 Å². The number of rotatable bonds is 3. The van der Waals surface area contributed by atoms with Crippen molar-refractivity contribution in [3.05, 3.63) is 70.8 Å². The molecule has 4 aliphatic carbocycles. The Balaban J connectivity index is 1.22. The number of allylic oxidation sites excluding steroid dienone is 2. The van der Waals surface area contributed by atoms with Gasteiger partial charge in [-0.3, -0.25) is 19.3 Å². The Morgan fingerprint density at radius 2 is 1.58 bits per heavy atom. The predicted octanol–water partition coefficient (Wildman–Crippen LogP) is 4.46. The number of nitrogens with zero attached hydrogens (tertiary/aromatic N) is 1. The molecule has 0 radical (unpaired) electrons. The summed E-state index contributed by atoms with van der Waals surface area (Å²) in [5.74, 6) is 0.657. The van der Waals surface area contributed by atoms with E-state index in [4.69, 9.17) is 11.6 Å². The zero-order valence-electron chi connectivity index (χ0n) is 16.9. The number of anilines is 2. The first kappa shape index (κ1) is 18.8. The van der Waals surface area contributed by atoms with Gasteiger partial charge in [0.15, 0.2) is 0 Å². The molecule has 5 nitrogen and oxygen atoms in total. The molecule has 6 heteroatoms. The van der Waals surface area contributed by atoms with Gasteiger partial charge < -0.3 is 5.32 Å². The van der Waals surface area contributed by atoms with E-state index in [1.165, 1.54) is 4.90 Å². The van der Waals surface area contributed by atoms with E-state index in [1.54, 1.807) is 36.4 Å². The number of amides is 3. The van der Waals surface area contributed by atoms with Gasteiger partial charge in [-0.05, 0) is 79.0 Å². The first-order chi connectivity index (χ1) is 14.9. The van der Waals surface area contributed by atoms with Gasteiger partial charge in [-0.1, -0.05) is 29.8 Å². The van der Waals surface area contributed by atoms with Crippen molar-refractivity contribution in [3.63, 3.8) is 0 Å². The minimum absolute atomic E-state index is 0.0915. The molecule has 0 aromatic heterocycles. The summed E-state index contributed by atoms with van der Waals surface area (Å²) in [6, 6.07) is 12.0. The third kappa shape index (κ3) is 2.72. The quantitative estimate of drug-likeness (QED) is 0.575. The van der Waals surface area contributed by atoms with E-state index in [-0.39, 0.29) is 41.4 Å². The molecule has 5 aliphatic rings. The van der Waals surface area contributed by atoms with Crippen LogP contribution in [0.5, 0.6) is 0 Å². The van der Waals surface area contributed by atoms with Crippen molar-refractivity contribution in [2.75, 3.05) is 10.2 Å². The van der Waals surface area contributed by atoms with Crippen LogP contribution in [-0.2, 0) is 9.59 Å². The topological polar surface area (TPSA) is 66.5 Å². The van der Waals surface area contributed by atoms with Crippen molar-refractivity contribution in [2.45, 2.75) is 13.3 Å². The third-order valence-corrected chi connectivity index (χ3v) is 7.89. The second kappa shape index (κ2) is 6.54. The normalized spacial score (nSPS) is 32.1. The van der Waals surface area contributed by atoms with Crippen LogP contribution in [0.2, 0.25) is 5.02 Å². The van der Waals surface area contributed by atoms with Gasteiger partial charge in [-0.25, -0.2) is 0 Å². The van der Waals surface area contributed by atoms with E-state index in [2.05, 4.69) is 17.5 Å². The Bertz CT molecular complexity index is 1140. The summed E-state index contributed by atoms with van der Waals surface area (Å²) in [6.07, 6.45) is 5.48. The first-order valence-corrected chi connectivity index (χ1v) is 11.1. The van der Waals surface area contributed by atoms with E-state index in [0.29, 0.717) is 33.8 Å². The van der Waals surface area contributed by atoms with E-state index < -0.39 is 0 Å². The Kier molecular flexibility index (Phi) is 3.97. The molecule has 1 heterocycles. The van der Waals surface area contributed by atoms with Gasteiger partial charge in [0.25, 0.3) is 5.91 Å². The maximum Gasteiger partial charge on any atom is 0.255 e. The number of carbonyl (C=O) groups excluding carboxylic acids is 3. The van der Waals surface area contributed by atoms with Crippen molar-refractivity contribution >= 4 is 40.7 Å². The van der Waals surface area contributed by atoms with Gasteiger partial charge in [0.2, 0.25) is 11.8 Å². The van der Waals surface area contributed by atoms with Gasteiger partial charge in [-0.15, -0.1) is 0 Å². The molecule has 6 atom stereocenters. The lowest BCUT2D eigenvalue weighted by atomic mass is 9.63. The van der Waals surface area contributed by atoms with Gasteiger partial charge in [0.05, 0.1) is 17.5 Å². The Morgan fingerprint density at radius 3 is 2.16 bits per heavy atom. The van der Waals surface area contributed by atoms with Crippen molar-refractivity contribution in [1.29, 1.82) is 0 Å². The van der Waals surface area contributed by atoms with Gasteiger partial charge in [0, 0.05) is 16.3 Å². The Labute approximate surface area is 185 Å². The molecule has 0 spiro atoms. The van der Waals surface area contributed by atoms with Crippen molar-refractivity contribution in [2.24, 2.45) is 35.5 Å². The van der Waals surface area contributed by atoms with Crippen LogP contribution < -0.4 is 10.2 Å². The minimum Gasteiger partial charge on any atom is -0.322 e. The molecule has 1 saturated heterocycles. The highest BCUT2D eigenvalue weighted by Gasteiger charge is 2.67. The van der Waals surface area contributed by atoms with Crippen LogP contribution in [0.3, 0.4) is 0 Å². The average molecular weight is 433 g/mol. The fourth-order valence-electron chi connectivity index (χ4n) is 5.85. The highest BCUT2D eigenvalue weighted by Crippen LogP contribution is 2.65. The number of hydrogen-bond donors (Lipinski definition) is 1. The molecule has 2 aromatic rings. The molecule has 1 aliphatic heterocycles. The number of halogens is 1. The first-order valence-electron chi connectivity index (χ1n) is 10.7. The lowest BCUT2D eigenvalue weighted by Gasteiger charge is -2.37. The second-order valence-corrected chi connectivity index (χ2v) is 9.54. The minimum atomic E-state index is -0.276. The summed E-state index contributed by atoms with van der Waals surface area (Å²) in [7, 11) is 0. The van der Waals surface area contributed by atoms with Crippen LogP contribution in [0.1, 0.15) is 22.3 Å². The second-order valence-electron chi connectivity index (χ2n) is 9.13. The van der Waals surface area contributed by atoms with Crippen LogP contribution in [0, 0.1) is 42.4 Å². The molecule has 2 saturated carbocycles. The fourth-order valence-corrected chi connectivity index (χ4v) is 6.03. The molecule has 3 amide bonds. The molecule has 0 unspecified atom stereocenters. The Morgan fingerprint density at radius 1 is 0.968 bits per heavy atom. The zero-order chi connectivity index (χ0) is 21.4. The summed E-state index contributed by atoms with van der Waals surface area (Å²) in [6.45, 7) is 1.90. The molecule has 156 valence electrons. The lowest BCUT2D eigenvalue weighted by molar-refractivity contribution is -0.124. The van der Waals surface area contributed by atoms with Crippen molar-refractivity contribution in [1.82, 2.24) is 0 Å². The summed E-state index contributed by atoms with van der Waals surface area (Å²) in [5, 5.41) is 3.41. The Hall–Kier alpha value is -2.92. The largest absolute Gasteiger partial charge is 0.322 e. The monoisotopic (exact) mass is 432 g/mol. The SMILES string of the molecule is Cc1ccc(NC(=O)c2ccc(N3C(=O)[C@@H]4[C@H]5C=C[C@H]([C@H]6C[C@H]56)[C@@H]4C3=O)cc2)cc1Cl. The number of imide groups is 1. The number of nitrogens with one attached hydrogen (secondary N) is 1. The average Bonchev–Trinajstić information content (AvgIpc) is 3.54. The lowest BCUT2D eigenvalue weighted by Crippen LogP contribution is -2.40. The molecular weight excluding hydrogens is 412 g/mol. The molecular formula is C25H21ClN2O3. The van der Waals surface area contributed by atoms with Crippen LogP contribution in [-0.4, -0.2) is 17.7 Å². The molecule has 3 fully saturated rings. The fraction of sp³-hybridized carbons (Fsp3) is 0.320. The van der Waals surface area contributed by atoms with Crippen LogP contribution in [0.4, 0.5) is 11.4 Å². The molecule has 2 aromatic carbocycles. The summed E-state index contributed by atoms with van der Waals surface area (Å²) in [4.78, 5) is 40.4. The van der Waals surface area contributed by atoms with E-state index >= 15 is 0 Å². The van der Waals surface area contributed by atoms with Crippen LogP contribution in [0.15, 0.2) is 54.6 Å². The van der Waals surface area contributed by atoms with E-state index in [0.717, 1.165) is 12.0 Å². The van der Waals surface area contributed by atoms with Crippen molar-refractivity contribution in [3.8, 4) is 0 Å².